The largest absolute Gasteiger partial charge is 0.422 e. The molecule has 0 atom stereocenters. The van der Waals surface area contributed by atoms with Gasteiger partial charge in [0, 0.05) is 16.3 Å². The molecular formula is C26H18ClN3O4. The summed E-state index contributed by atoms with van der Waals surface area (Å²) in [5.74, 6) is -2.13. The normalized spacial score (nSPS) is 10.7. The minimum Gasteiger partial charge on any atom is -0.422 e. The first kappa shape index (κ1) is 22.7. The number of hydrogen-bond acceptors (Lipinski definition) is 5. The van der Waals surface area contributed by atoms with E-state index in [2.05, 4.69) is 15.8 Å². The number of ether oxygens (including phenoxy) is 1. The third-order valence-corrected chi connectivity index (χ3v) is 5.06. The Labute approximate surface area is 200 Å². The Morgan fingerprint density at radius 3 is 2.26 bits per heavy atom. The lowest BCUT2D eigenvalue weighted by Gasteiger charge is -2.10. The highest BCUT2D eigenvalue weighted by atomic mass is 35.5. The predicted molar refractivity (Wildman–Crippen MR) is 131 cm³/mol. The van der Waals surface area contributed by atoms with E-state index in [1.807, 2.05) is 30.3 Å². The van der Waals surface area contributed by atoms with Gasteiger partial charge >= 0.3 is 17.8 Å². The van der Waals surface area contributed by atoms with Gasteiger partial charge in [-0.15, -0.1) is 0 Å². The van der Waals surface area contributed by atoms with Crippen molar-refractivity contribution in [1.29, 1.82) is 0 Å². The first-order chi connectivity index (χ1) is 16.5. The van der Waals surface area contributed by atoms with Crippen LogP contribution in [0.1, 0.15) is 15.9 Å². The highest BCUT2D eigenvalue weighted by molar-refractivity contribution is 6.39. The summed E-state index contributed by atoms with van der Waals surface area (Å²) < 4.78 is 5.60. The Hall–Kier alpha value is -4.49. The molecule has 0 aromatic heterocycles. The maximum Gasteiger partial charge on any atom is 0.343 e. The van der Waals surface area contributed by atoms with Crippen molar-refractivity contribution in [2.45, 2.75) is 0 Å². The second-order valence-corrected chi connectivity index (χ2v) is 7.55. The first-order valence-electron chi connectivity index (χ1n) is 10.2. The van der Waals surface area contributed by atoms with Crippen LogP contribution in [0.2, 0.25) is 5.02 Å². The Morgan fingerprint density at radius 2 is 1.50 bits per heavy atom. The molecule has 4 rings (SSSR count). The number of carbonyl (C=O) groups excluding carboxylic acids is 3. The summed E-state index contributed by atoms with van der Waals surface area (Å²) in [6.07, 6.45) is 1.34. The van der Waals surface area contributed by atoms with Gasteiger partial charge in [0.25, 0.3) is 0 Å². The van der Waals surface area contributed by atoms with Crippen molar-refractivity contribution < 1.29 is 19.1 Å². The van der Waals surface area contributed by atoms with Crippen molar-refractivity contribution >= 4 is 52.1 Å². The zero-order chi connectivity index (χ0) is 23.9. The van der Waals surface area contributed by atoms with Crippen LogP contribution in [0.15, 0.2) is 96.1 Å². The fourth-order valence-electron chi connectivity index (χ4n) is 3.16. The van der Waals surface area contributed by atoms with Crippen molar-refractivity contribution in [2.75, 3.05) is 5.32 Å². The van der Waals surface area contributed by atoms with E-state index in [1.165, 1.54) is 6.21 Å². The summed E-state index contributed by atoms with van der Waals surface area (Å²) in [5.41, 5.74) is 3.47. The van der Waals surface area contributed by atoms with Crippen LogP contribution in [0.25, 0.3) is 10.8 Å². The van der Waals surface area contributed by atoms with Gasteiger partial charge < -0.3 is 10.1 Å². The molecule has 0 saturated carbocycles. The third-order valence-electron chi connectivity index (χ3n) is 4.81. The van der Waals surface area contributed by atoms with Crippen LogP contribution in [-0.4, -0.2) is 24.0 Å². The van der Waals surface area contributed by atoms with Gasteiger partial charge in [-0.3, -0.25) is 9.59 Å². The molecule has 2 N–H and O–H groups in total. The Balaban J connectivity index is 1.53. The SMILES string of the molecule is O=C(N/N=C\c1c(OC(=O)c2ccccc2)ccc2ccccc12)C(=O)Nc1ccc(Cl)cc1. The lowest BCUT2D eigenvalue weighted by atomic mass is 10.0. The van der Waals surface area contributed by atoms with Gasteiger partial charge in [0.05, 0.1) is 11.8 Å². The number of nitrogens with zero attached hydrogens (tertiary/aromatic N) is 1. The molecule has 8 heteroatoms. The molecule has 0 spiro atoms. The monoisotopic (exact) mass is 471 g/mol. The second kappa shape index (κ2) is 10.4. The third kappa shape index (κ3) is 5.46. The number of nitrogens with one attached hydrogen (secondary N) is 2. The lowest BCUT2D eigenvalue weighted by Crippen LogP contribution is -2.32. The Morgan fingerprint density at radius 1 is 0.794 bits per heavy atom. The minimum absolute atomic E-state index is 0.260. The number of hydrazone groups is 1. The van der Waals surface area contributed by atoms with Crippen LogP contribution in [0.4, 0.5) is 5.69 Å². The van der Waals surface area contributed by atoms with Crippen molar-refractivity contribution in [3.05, 3.63) is 107 Å². The number of carbonyl (C=O) groups is 3. The number of anilines is 1. The van der Waals surface area contributed by atoms with Gasteiger partial charge in [0.2, 0.25) is 0 Å². The van der Waals surface area contributed by atoms with Crippen molar-refractivity contribution in [3.8, 4) is 5.75 Å². The quantitative estimate of drug-likeness (QED) is 0.144. The van der Waals surface area contributed by atoms with Crippen molar-refractivity contribution in [2.24, 2.45) is 5.10 Å². The van der Waals surface area contributed by atoms with Crippen LogP contribution in [0, 0.1) is 0 Å². The molecule has 2 amide bonds. The molecule has 0 heterocycles. The fourth-order valence-corrected chi connectivity index (χ4v) is 3.28. The smallest absolute Gasteiger partial charge is 0.343 e. The van der Waals surface area contributed by atoms with E-state index in [4.69, 9.17) is 16.3 Å². The summed E-state index contributed by atoms with van der Waals surface area (Å²) in [4.78, 5) is 36.9. The standard InChI is InChI=1S/C26H18ClN3O4/c27-19-11-13-20(14-12-19)29-24(31)25(32)30-28-16-22-21-9-5-4-6-17(21)10-15-23(22)34-26(33)18-7-2-1-3-8-18/h1-16H,(H,29,31)(H,30,32)/b28-16-. The molecule has 0 saturated heterocycles. The van der Waals surface area contributed by atoms with Gasteiger partial charge in [-0.2, -0.15) is 5.10 Å². The zero-order valence-electron chi connectivity index (χ0n) is 17.7. The van der Waals surface area contributed by atoms with E-state index >= 15 is 0 Å². The van der Waals surface area contributed by atoms with Gasteiger partial charge in [-0.25, -0.2) is 10.2 Å². The maximum atomic E-state index is 12.6. The number of esters is 1. The van der Waals surface area contributed by atoms with Crippen LogP contribution in [0.3, 0.4) is 0 Å². The molecule has 0 unspecified atom stereocenters. The summed E-state index contributed by atoms with van der Waals surface area (Å²) in [7, 11) is 0. The van der Waals surface area contributed by atoms with Crippen LogP contribution in [0.5, 0.6) is 5.75 Å². The molecule has 0 radical (unpaired) electrons. The van der Waals surface area contributed by atoms with Gasteiger partial charge in [0.15, 0.2) is 0 Å². The number of hydrogen-bond donors (Lipinski definition) is 2. The lowest BCUT2D eigenvalue weighted by molar-refractivity contribution is -0.136. The van der Waals surface area contributed by atoms with Crippen LogP contribution < -0.4 is 15.5 Å². The molecule has 0 aliphatic rings. The second-order valence-electron chi connectivity index (χ2n) is 7.11. The number of halogens is 1. The first-order valence-corrected chi connectivity index (χ1v) is 10.6. The van der Waals surface area contributed by atoms with Gasteiger partial charge in [-0.1, -0.05) is 60.1 Å². The average molecular weight is 472 g/mol. The average Bonchev–Trinajstić information content (AvgIpc) is 2.86. The highest BCUT2D eigenvalue weighted by Gasteiger charge is 2.15. The number of fused-ring (bicyclic) bond motifs is 1. The van der Waals surface area contributed by atoms with Gasteiger partial charge in [0.1, 0.15) is 5.75 Å². The van der Waals surface area contributed by atoms with E-state index < -0.39 is 17.8 Å². The predicted octanol–water partition coefficient (Wildman–Crippen LogP) is 4.80. The topological polar surface area (TPSA) is 96.9 Å². The summed E-state index contributed by atoms with van der Waals surface area (Å²) in [6.45, 7) is 0. The Kier molecular flexibility index (Phi) is 6.95. The van der Waals surface area contributed by atoms with Crippen molar-refractivity contribution in [1.82, 2.24) is 5.43 Å². The molecule has 0 aliphatic heterocycles. The molecular weight excluding hydrogens is 454 g/mol. The molecule has 0 aliphatic carbocycles. The van der Waals surface area contributed by atoms with Gasteiger partial charge in [-0.05, 0) is 53.2 Å². The number of benzene rings is 4. The van der Waals surface area contributed by atoms with E-state index in [1.54, 1.807) is 60.7 Å². The van der Waals surface area contributed by atoms with E-state index in [-0.39, 0.29) is 5.75 Å². The Bertz CT molecular complexity index is 1390. The van der Waals surface area contributed by atoms with E-state index in [0.29, 0.717) is 21.8 Å². The fraction of sp³-hybridized carbons (Fsp3) is 0. The maximum absolute atomic E-state index is 12.6. The molecule has 0 bridgehead atoms. The number of amides is 2. The molecule has 7 nitrogen and oxygen atoms in total. The van der Waals surface area contributed by atoms with Crippen LogP contribution >= 0.6 is 11.6 Å². The molecule has 0 fully saturated rings. The summed E-state index contributed by atoms with van der Waals surface area (Å²) in [6, 6.07) is 25.8. The molecule has 168 valence electrons. The molecule has 34 heavy (non-hydrogen) atoms. The number of rotatable bonds is 5. The van der Waals surface area contributed by atoms with E-state index in [9.17, 15) is 14.4 Å². The zero-order valence-corrected chi connectivity index (χ0v) is 18.5. The van der Waals surface area contributed by atoms with Crippen molar-refractivity contribution in [3.63, 3.8) is 0 Å². The van der Waals surface area contributed by atoms with E-state index in [0.717, 1.165) is 10.8 Å². The highest BCUT2D eigenvalue weighted by Crippen LogP contribution is 2.27. The summed E-state index contributed by atoms with van der Waals surface area (Å²) >= 11 is 5.82. The van der Waals surface area contributed by atoms with Crippen LogP contribution in [-0.2, 0) is 9.59 Å². The minimum atomic E-state index is -0.964. The summed E-state index contributed by atoms with van der Waals surface area (Å²) in [5, 5.41) is 8.51. The molecule has 4 aromatic rings. The molecule has 4 aromatic carbocycles.